The third-order valence-corrected chi connectivity index (χ3v) is 6.73. The molecule has 0 fully saturated rings. The molecule has 31 heavy (non-hydrogen) atoms. The monoisotopic (exact) mass is 457 g/mol. The van der Waals surface area contributed by atoms with Gasteiger partial charge in [-0.25, -0.2) is 5.01 Å². The van der Waals surface area contributed by atoms with Crippen LogP contribution in [-0.2, 0) is 9.53 Å². The number of aromatic nitrogens is 2. The molecule has 0 saturated carbocycles. The highest BCUT2D eigenvalue weighted by Gasteiger charge is 2.34. The first-order valence-electron chi connectivity index (χ1n) is 9.83. The first kappa shape index (κ1) is 21.5. The van der Waals surface area contributed by atoms with Crippen molar-refractivity contribution in [3.8, 4) is 0 Å². The van der Waals surface area contributed by atoms with E-state index >= 15 is 0 Å². The maximum Gasteiger partial charge on any atom is 0.253 e. The summed E-state index contributed by atoms with van der Waals surface area (Å²) in [7, 11) is 1.65. The van der Waals surface area contributed by atoms with Crippen molar-refractivity contribution in [2.45, 2.75) is 23.7 Å². The standard InChI is InChI=1S/C21H23N5O3S2/c1-14-5-7-15(8-6-14)16-12-17(18-4-3-10-29-18)26(25-16)19(27)13-30-21-24-23-20(31-21)22-9-11-28-2/h3-8,10,17H,9,11-13H2,1-2H3,(H,22,23). The zero-order valence-corrected chi connectivity index (χ0v) is 18.9. The lowest BCUT2D eigenvalue weighted by Gasteiger charge is -2.19. The first-order chi connectivity index (χ1) is 15.1. The molecule has 10 heteroatoms. The van der Waals surface area contributed by atoms with Gasteiger partial charge in [0, 0.05) is 20.1 Å². The maximum atomic E-state index is 13.1. The van der Waals surface area contributed by atoms with Gasteiger partial charge in [-0.05, 0) is 24.6 Å². The van der Waals surface area contributed by atoms with E-state index in [-0.39, 0.29) is 17.7 Å². The second-order valence-corrected chi connectivity index (χ2v) is 9.17. The van der Waals surface area contributed by atoms with Gasteiger partial charge in [0.05, 0.1) is 24.3 Å². The topological polar surface area (TPSA) is 92.8 Å². The van der Waals surface area contributed by atoms with Crippen LogP contribution in [0, 0.1) is 6.92 Å². The predicted octanol–water partition coefficient (Wildman–Crippen LogP) is 3.97. The van der Waals surface area contributed by atoms with Crippen molar-refractivity contribution in [3.63, 3.8) is 0 Å². The molecule has 3 aromatic rings. The number of ether oxygens (including phenoxy) is 1. The number of thioether (sulfide) groups is 1. The molecule has 162 valence electrons. The van der Waals surface area contributed by atoms with Gasteiger partial charge in [0.2, 0.25) is 5.13 Å². The lowest BCUT2D eigenvalue weighted by atomic mass is 10.0. The highest BCUT2D eigenvalue weighted by atomic mass is 32.2. The first-order valence-corrected chi connectivity index (χ1v) is 11.6. The van der Waals surface area contributed by atoms with Crippen molar-refractivity contribution in [2.75, 3.05) is 31.3 Å². The number of amides is 1. The van der Waals surface area contributed by atoms with Gasteiger partial charge < -0.3 is 14.5 Å². The molecule has 1 amide bonds. The second kappa shape index (κ2) is 10.1. The summed E-state index contributed by atoms with van der Waals surface area (Å²) in [6.45, 7) is 3.29. The maximum absolute atomic E-state index is 13.1. The number of hydrogen-bond donors (Lipinski definition) is 1. The Morgan fingerprint density at radius 1 is 1.32 bits per heavy atom. The Balaban J connectivity index is 1.44. The average molecular weight is 458 g/mol. The van der Waals surface area contributed by atoms with E-state index in [0.717, 1.165) is 21.4 Å². The van der Waals surface area contributed by atoms with Crippen molar-refractivity contribution in [1.29, 1.82) is 0 Å². The average Bonchev–Trinajstić information content (AvgIpc) is 3.53. The van der Waals surface area contributed by atoms with E-state index < -0.39 is 0 Å². The van der Waals surface area contributed by atoms with E-state index in [9.17, 15) is 4.79 Å². The van der Waals surface area contributed by atoms with E-state index in [0.29, 0.717) is 24.7 Å². The van der Waals surface area contributed by atoms with Crippen molar-refractivity contribution in [3.05, 3.63) is 59.5 Å². The number of rotatable bonds is 9. The second-order valence-electron chi connectivity index (χ2n) is 6.97. The van der Waals surface area contributed by atoms with Crippen LogP contribution in [0.5, 0.6) is 0 Å². The molecule has 2 aromatic heterocycles. The van der Waals surface area contributed by atoms with E-state index in [1.165, 1.54) is 28.7 Å². The predicted molar refractivity (Wildman–Crippen MR) is 122 cm³/mol. The van der Waals surface area contributed by atoms with Gasteiger partial charge in [0.15, 0.2) is 4.34 Å². The number of hydrogen-bond acceptors (Lipinski definition) is 9. The molecular weight excluding hydrogens is 434 g/mol. The summed E-state index contributed by atoms with van der Waals surface area (Å²) in [5.74, 6) is 0.844. The van der Waals surface area contributed by atoms with Crippen molar-refractivity contribution < 1.29 is 13.9 Å². The number of carbonyl (C=O) groups is 1. The van der Waals surface area contributed by atoms with Crippen LogP contribution in [0.2, 0.25) is 0 Å². The van der Waals surface area contributed by atoms with E-state index in [2.05, 4.69) is 20.6 Å². The van der Waals surface area contributed by atoms with Gasteiger partial charge >= 0.3 is 0 Å². The number of anilines is 1. The molecule has 0 aliphatic carbocycles. The third-order valence-electron chi connectivity index (χ3n) is 4.73. The minimum absolute atomic E-state index is 0.0994. The fourth-order valence-electron chi connectivity index (χ4n) is 3.15. The smallest absolute Gasteiger partial charge is 0.253 e. The van der Waals surface area contributed by atoms with Crippen LogP contribution in [0.4, 0.5) is 5.13 Å². The van der Waals surface area contributed by atoms with E-state index in [1.807, 2.05) is 43.3 Å². The Morgan fingerprint density at radius 2 is 2.16 bits per heavy atom. The molecule has 1 atom stereocenters. The molecular formula is C21H23N5O3S2. The molecule has 4 rings (SSSR count). The molecule has 0 saturated heterocycles. The number of carbonyl (C=O) groups excluding carboxylic acids is 1. The van der Waals surface area contributed by atoms with Gasteiger partial charge in [0.25, 0.3) is 5.91 Å². The Kier molecular flexibility index (Phi) is 7.00. The molecule has 1 aliphatic heterocycles. The molecule has 0 radical (unpaired) electrons. The molecule has 8 nitrogen and oxygen atoms in total. The number of nitrogens with one attached hydrogen (secondary N) is 1. The zero-order chi connectivity index (χ0) is 21.6. The summed E-state index contributed by atoms with van der Waals surface area (Å²) in [6.07, 6.45) is 2.23. The zero-order valence-electron chi connectivity index (χ0n) is 17.3. The molecule has 1 N–H and O–H groups in total. The van der Waals surface area contributed by atoms with Crippen LogP contribution in [0.15, 0.2) is 56.5 Å². The van der Waals surface area contributed by atoms with Crippen LogP contribution in [0.1, 0.15) is 29.3 Å². The van der Waals surface area contributed by atoms with Gasteiger partial charge in [0.1, 0.15) is 11.8 Å². The van der Waals surface area contributed by atoms with E-state index in [4.69, 9.17) is 9.15 Å². The fraction of sp³-hybridized carbons (Fsp3) is 0.333. The number of hydrazone groups is 1. The van der Waals surface area contributed by atoms with Crippen LogP contribution in [0.3, 0.4) is 0 Å². The molecule has 0 spiro atoms. The highest BCUT2D eigenvalue weighted by Crippen LogP contribution is 2.34. The quantitative estimate of drug-likeness (QED) is 0.384. The third kappa shape index (κ3) is 5.33. The molecule has 1 aliphatic rings. The normalized spacial score (nSPS) is 15.9. The Bertz CT molecular complexity index is 1030. The highest BCUT2D eigenvalue weighted by molar-refractivity contribution is 8.01. The summed E-state index contributed by atoms with van der Waals surface area (Å²) in [4.78, 5) is 13.1. The van der Waals surface area contributed by atoms with E-state index in [1.54, 1.807) is 18.4 Å². The summed E-state index contributed by atoms with van der Waals surface area (Å²) in [5, 5.41) is 18.3. The summed E-state index contributed by atoms with van der Waals surface area (Å²) in [6, 6.07) is 11.6. The number of furan rings is 1. The van der Waals surface area contributed by atoms with Crippen molar-refractivity contribution >= 4 is 39.8 Å². The Hall–Kier alpha value is -2.69. The van der Waals surface area contributed by atoms with Crippen LogP contribution in [-0.4, -0.2) is 52.8 Å². The van der Waals surface area contributed by atoms with Crippen LogP contribution < -0.4 is 5.32 Å². The van der Waals surface area contributed by atoms with Gasteiger partial charge in [-0.15, -0.1) is 10.2 Å². The minimum atomic E-state index is -0.250. The number of methoxy groups -OCH3 is 1. The van der Waals surface area contributed by atoms with Crippen LogP contribution >= 0.6 is 23.1 Å². The largest absolute Gasteiger partial charge is 0.467 e. The number of nitrogens with zero attached hydrogens (tertiary/aromatic N) is 4. The lowest BCUT2D eigenvalue weighted by Crippen LogP contribution is -2.28. The Labute approximate surface area is 188 Å². The number of benzene rings is 1. The van der Waals surface area contributed by atoms with Gasteiger partial charge in [-0.2, -0.15) is 5.10 Å². The fourth-order valence-corrected chi connectivity index (χ4v) is 4.78. The van der Waals surface area contributed by atoms with Gasteiger partial charge in [-0.1, -0.05) is 52.9 Å². The van der Waals surface area contributed by atoms with Crippen molar-refractivity contribution in [1.82, 2.24) is 15.2 Å². The summed E-state index contributed by atoms with van der Waals surface area (Å²) in [5.41, 5.74) is 3.07. The summed E-state index contributed by atoms with van der Waals surface area (Å²) >= 11 is 2.77. The molecule has 0 bridgehead atoms. The lowest BCUT2D eigenvalue weighted by molar-refractivity contribution is -0.130. The van der Waals surface area contributed by atoms with Gasteiger partial charge in [-0.3, -0.25) is 4.79 Å². The van der Waals surface area contributed by atoms with Crippen LogP contribution in [0.25, 0.3) is 0 Å². The summed E-state index contributed by atoms with van der Waals surface area (Å²) < 4.78 is 11.3. The Morgan fingerprint density at radius 3 is 2.90 bits per heavy atom. The van der Waals surface area contributed by atoms with Crippen molar-refractivity contribution in [2.24, 2.45) is 5.10 Å². The SMILES string of the molecule is COCCNc1nnc(SCC(=O)N2N=C(c3ccc(C)cc3)CC2c2ccco2)s1. The number of aryl methyl sites for hydroxylation is 1. The molecule has 1 aromatic carbocycles. The minimum Gasteiger partial charge on any atom is -0.467 e. The molecule has 3 heterocycles. The molecule has 1 unspecified atom stereocenters.